The number of carbonyl (C=O) groups excluding carboxylic acids is 2. The third kappa shape index (κ3) is 21.9. The van der Waals surface area contributed by atoms with Crippen LogP contribution in [0.4, 0.5) is 0 Å². The zero-order chi connectivity index (χ0) is 23.0. The lowest BCUT2D eigenvalue weighted by Crippen LogP contribution is -2.34. The van der Waals surface area contributed by atoms with Crippen molar-refractivity contribution in [2.75, 3.05) is 32.7 Å². The van der Waals surface area contributed by atoms with E-state index in [1.807, 2.05) is 0 Å². The third-order valence-corrected chi connectivity index (χ3v) is 5.80. The van der Waals surface area contributed by atoms with E-state index in [9.17, 15) is 9.59 Å². The molecule has 31 heavy (non-hydrogen) atoms. The molecule has 0 saturated carbocycles. The second kappa shape index (κ2) is 23.6. The molecular weight excluding hydrogens is 386 g/mol. The zero-order valence-corrected chi connectivity index (χ0v) is 21.1. The molecule has 0 saturated heterocycles. The maximum Gasteiger partial charge on any atom is 0.229 e. The van der Waals surface area contributed by atoms with E-state index < -0.39 is 0 Å². The van der Waals surface area contributed by atoms with Crippen LogP contribution >= 0.6 is 0 Å². The molecular formula is C26H53N3O2. The van der Waals surface area contributed by atoms with Crippen LogP contribution in [0, 0.1) is 0 Å². The van der Waals surface area contributed by atoms with Gasteiger partial charge < -0.3 is 15.5 Å². The van der Waals surface area contributed by atoms with Gasteiger partial charge in [0.1, 0.15) is 6.42 Å². The fourth-order valence-corrected chi connectivity index (χ4v) is 3.74. The van der Waals surface area contributed by atoms with E-state index >= 15 is 0 Å². The first-order chi connectivity index (χ1) is 15.1. The molecule has 184 valence electrons. The van der Waals surface area contributed by atoms with Crippen LogP contribution in [-0.4, -0.2) is 49.4 Å². The van der Waals surface area contributed by atoms with Crippen molar-refractivity contribution < 1.29 is 9.59 Å². The summed E-state index contributed by atoms with van der Waals surface area (Å²) in [6, 6.07) is 0. The highest BCUT2D eigenvalue weighted by atomic mass is 16.2. The van der Waals surface area contributed by atoms with Crippen molar-refractivity contribution in [2.45, 2.75) is 124 Å². The van der Waals surface area contributed by atoms with E-state index in [-0.39, 0.29) is 18.2 Å². The Balaban J connectivity index is 3.58. The van der Waals surface area contributed by atoms with Crippen LogP contribution in [0.2, 0.25) is 0 Å². The maximum absolute atomic E-state index is 12.0. The van der Waals surface area contributed by atoms with E-state index in [4.69, 9.17) is 0 Å². The number of unbranched alkanes of at least 4 members (excludes halogenated alkanes) is 11. The molecule has 0 aromatic heterocycles. The second-order valence-electron chi connectivity index (χ2n) is 8.96. The van der Waals surface area contributed by atoms with Gasteiger partial charge in [0.05, 0.1) is 0 Å². The summed E-state index contributed by atoms with van der Waals surface area (Å²) in [4.78, 5) is 26.4. The maximum atomic E-state index is 12.0. The number of rotatable bonds is 23. The normalized spacial score (nSPS) is 11.1. The van der Waals surface area contributed by atoms with E-state index in [1.54, 1.807) is 0 Å². The molecule has 2 amide bonds. The zero-order valence-electron chi connectivity index (χ0n) is 21.1. The standard InChI is InChI=1S/C26H53N3O2/c1-4-7-10-11-12-13-14-15-16-17-19-27-25(30)24-26(31)28-20-18-23-29(21-8-5-2)22-9-6-3/h4-24H2,1-3H3,(H,27,30)(H,28,31). The van der Waals surface area contributed by atoms with E-state index in [0.29, 0.717) is 13.1 Å². The molecule has 0 aliphatic carbocycles. The van der Waals surface area contributed by atoms with Gasteiger partial charge >= 0.3 is 0 Å². The number of nitrogens with one attached hydrogen (secondary N) is 2. The van der Waals surface area contributed by atoms with Crippen LogP contribution in [0.25, 0.3) is 0 Å². The Bertz CT molecular complexity index is 407. The summed E-state index contributed by atoms with van der Waals surface area (Å²) in [5.74, 6) is -0.310. The molecule has 5 heteroatoms. The van der Waals surface area contributed by atoms with Crippen LogP contribution in [0.5, 0.6) is 0 Å². The van der Waals surface area contributed by atoms with Crippen LogP contribution in [-0.2, 0) is 9.59 Å². The van der Waals surface area contributed by atoms with Crippen LogP contribution in [0.1, 0.15) is 124 Å². The number of amides is 2. The highest BCUT2D eigenvalue weighted by Gasteiger charge is 2.09. The smallest absolute Gasteiger partial charge is 0.229 e. The summed E-state index contributed by atoms with van der Waals surface area (Å²) in [5, 5.41) is 5.78. The number of hydrogen-bond acceptors (Lipinski definition) is 3. The second-order valence-corrected chi connectivity index (χ2v) is 8.96. The Hall–Kier alpha value is -1.10. The summed E-state index contributed by atoms with van der Waals surface area (Å²) >= 11 is 0. The average Bonchev–Trinajstić information content (AvgIpc) is 2.76. The topological polar surface area (TPSA) is 61.4 Å². The molecule has 0 atom stereocenters. The lowest BCUT2D eigenvalue weighted by molar-refractivity contribution is -0.129. The molecule has 0 aliphatic heterocycles. The van der Waals surface area contributed by atoms with Crippen molar-refractivity contribution in [1.29, 1.82) is 0 Å². The van der Waals surface area contributed by atoms with Crippen molar-refractivity contribution in [3.63, 3.8) is 0 Å². The molecule has 0 spiro atoms. The van der Waals surface area contributed by atoms with Crippen molar-refractivity contribution in [3.05, 3.63) is 0 Å². The molecule has 0 fully saturated rings. The minimum atomic E-state index is -0.158. The van der Waals surface area contributed by atoms with Gasteiger partial charge in [-0.3, -0.25) is 9.59 Å². The molecule has 2 N–H and O–H groups in total. The van der Waals surface area contributed by atoms with Gasteiger partial charge in [-0.1, -0.05) is 91.4 Å². The molecule has 0 aromatic rings. The van der Waals surface area contributed by atoms with E-state index in [2.05, 4.69) is 36.3 Å². The van der Waals surface area contributed by atoms with Gasteiger partial charge in [-0.05, 0) is 45.3 Å². The Morgan fingerprint density at radius 1 is 0.516 bits per heavy atom. The molecule has 0 unspecified atom stereocenters. The van der Waals surface area contributed by atoms with E-state index in [0.717, 1.165) is 38.9 Å². The van der Waals surface area contributed by atoms with Gasteiger partial charge in [0.2, 0.25) is 11.8 Å². The third-order valence-electron chi connectivity index (χ3n) is 5.80. The Kier molecular flexibility index (Phi) is 22.7. The van der Waals surface area contributed by atoms with Crippen molar-refractivity contribution >= 4 is 11.8 Å². The first kappa shape index (κ1) is 29.9. The number of carbonyl (C=O) groups is 2. The Morgan fingerprint density at radius 3 is 1.39 bits per heavy atom. The van der Waals surface area contributed by atoms with Gasteiger partial charge in [-0.15, -0.1) is 0 Å². The quantitative estimate of drug-likeness (QED) is 0.156. The van der Waals surface area contributed by atoms with Crippen molar-refractivity contribution in [1.82, 2.24) is 15.5 Å². The lowest BCUT2D eigenvalue weighted by atomic mass is 10.1. The van der Waals surface area contributed by atoms with Gasteiger partial charge in [-0.25, -0.2) is 0 Å². The summed E-state index contributed by atoms with van der Waals surface area (Å²) in [7, 11) is 0. The van der Waals surface area contributed by atoms with Crippen molar-refractivity contribution in [3.8, 4) is 0 Å². The molecule has 0 rings (SSSR count). The van der Waals surface area contributed by atoms with Crippen LogP contribution < -0.4 is 10.6 Å². The predicted octanol–water partition coefficient (Wildman–Crippen LogP) is 5.82. The summed E-state index contributed by atoms with van der Waals surface area (Å²) in [6.07, 6.45) is 18.6. The number of nitrogens with zero attached hydrogens (tertiary/aromatic N) is 1. The Labute approximate surface area is 193 Å². The monoisotopic (exact) mass is 439 g/mol. The van der Waals surface area contributed by atoms with Crippen LogP contribution in [0.15, 0.2) is 0 Å². The fraction of sp³-hybridized carbons (Fsp3) is 0.923. The minimum absolute atomic E-state index is 0.0485. The van der Waals surface area contributed by atoms with Gasteiger partial charge in [0.25, 0.3) is 0 Å². The highest BCUT2D eigenvalue weighted by molar-refractivity contribution is 5.96. The minimum Gasteiger partial charge on any atom is -0.356 e. The largest absolute Gasteiger partial charge is 0.356 e. The molecule has 0 radical (unpaired) electrons. The molecule has 0 bridgehead atoms. The van der Waals surface area contributed by atoms with Crippen molar-refractivity contribution in [2.24, 2.45) is 0 Å². The van der Waals surface area contributed by atoms with Gasteiger partial charge in [0.15, 0.2) is 0 Å². The SMILES string of the molecule is CCCCCCCCCCCCNC(=O)CC(=O)NCCCN(CCCC)CCCC. The summed E-state index contributed by atoms with van der Waals surface area (Å²) in [6.45, 7) is 11.3. The molecule has 0 aliphatic rings. The Morgan fingerprint density at radius 2 is 0.903 bits per heavy atom. The predicted molar refractivity (Wildman–Crippen MR) is 133 cm³/mol. The average molecular weight is 440 g/mol. The van der Waals surface area contributed by atoms with Crippen LogP contribution in [0.3, 0.4) is 0 Å². The van der Waals surface area contributed by atoms with Gasteiger partial charge in [0, 0.05) is 13.1 Å². The fourth-order valence-electron chi connectivity index (χ4n) is 3.74. The molecule has 5 nitrogen and oxygen atoms in total. The summed E-state index contributed by atoms with van der Waals surface area (Å²) in [5.41, 5.74) is 0. The molecule has 0 aromatic carbocycles. The summed E-state index contributed by atoms with van der Waals surface area (Å²) < 4.78 is 0. The highest BCUT2D eigenvalue weighted by Crippen LogP contribution is 2.10. The number of hydrogen-bond donors (Lipinski definition) is 2. The lowest BCUT2D eigenvalue weighted by Gasteiger charge is -2.21. The first-order valence-electron chi connectivity index (χ1n) is 13.4. The van der Waals surface area contributed by atoms with E-state index in [1.165, 1.54) is 77.0 Å². The first-order valence-corrected chi connectivity index (χ1v) is 13.4. The molecule has 0 heterocycles. The van der Waals surface area contributed by atoms with Gasteiger partial charge in [-0.2, -0.15) is 0 Å².